The van der Waals surface area contributed by atoms with Gasteiger partial charge in [-0.05, 0) is 42.6 Å². The van der Waals surface area contributed by atoms with Gasteiger partial charge in [0.05, 0.1) is 37.1 Å². The Bertz CT molecular complexity index is 1330. The van der Waals surface area contributed by atoms with E-state index < -0.39 is 18.0 Å². The second-order valence-electron chi connectivity index (χ2n) is 7.36. The average molecular weight is 463 g/mol. The number of rotatable bonds is 6. The lowest BCUT2D eigenvalue weighted by atomic mass is 9.99. The third-order valence-electron chi connectivity index (χ3n) is 5.29. The Morgan fingerprint density at radius 3 is 2.48 bits per heavy atom. The van der Waals surface area contributed by atoms with E-state index in [1.165, 1.54) is 37.7 Å². The number of hydrogen-bond donors (Lipinski definition) is 2. The number of pyridine rings is 1. The maximum absolute atomic E-state index is 12.4. The number of aromatic nitrogens is 1. The molecule has 0 fully saturated rings. The molecule has 0 aliphatic heterocycles. The standard InChI is InChI=1S/C25H22N2O5S/c1-14-6-7-15-8-11-18(23(28)21(15)26-14)22(20-5-4-12-33-20)27-19-13-16(24(29)31-2)9-10-17(19)25(30)32-3/h4-13,22,27-28H,1-3H3. The van der Waals surface area contributed by atoms with Gasteiger partial charge in [0.1, 0.15) is 11.3 Å². The Balaban J connectivity index is 1.87. The molecule has 4 rings (SSSR count). The van der Waals surface area contributed by atoms with Crippen molar-refractivity contribution in [3.05, 3.63) is 87.2 Å². The van der Waals surface area contributed by atoms with Crippen molar-refractivity contribution in [2.24, 2.45) is 0 Å². The molecular formula is C25H22N2O5S. The summed E-state index contributed by atoms with van der Waals surface area (Å²) >= 11 is 1.50. The van der Waals surface area contributed by atoms with E-state index in [0.717, 1.165) is 16.0 Å². The fourth-order valence-electron chi connectivity index (χ4n) is 3.63. The van der Waals surface area contributed by atoms with Crippen LogP contribution in [0.3, 0.4) is 0 Å². The summed E-state index contributed by atoms with van der Waals surface area (Å²) in [6, 6.07) is 15.4. The van der Waals surface area contributed by atoms with Gasteiger partial charge in [0.2, 0.25) is 0 Å². The zero-order valence-corrected chi connectivity index (χ0v) is 19.1. The van der Waals surface area contributed by atoms with Crippen LogP contribution < -0.4 is 5.32 Å². The van der Waals surface area contributed by atoms with Gasteiger partial charge in [-0.2, -0.15) is 0 Å². The smallest absolute Gasteiger partial charge is 0.339 e. The van der Waals surface area contributed by atoms with Crippen LogP contribution in [0.1, 0.15) is 42.9 Å². The number of benzene rings is 2. The van der Waals surface area contributed by atoms with Crippen molar-refractivity contribution in [1.29, 1.82) is 0 Å². The maximum atomic E-state index is 12.4. The van der Waals surface area contributed by atoms with Crippen LogP contribution in [0, 0.1) is 6.92 Å². The molecule has 1 unspecified atom stereocenters. The lowest BCUT2D eigenvalue weighted by Crippen LogP contribution is -2.16. The minimum atomic E-state index is -0.557. The number of aryl methyl sites for hydroxylation is 1. The SMILES string of the molecule is COC(=O)c1ccc(C(=O)OC)c(NC(c2cccs2)c2ccc3ccc(C)nc3c2O)c1. The summed E-state index contributed by atoms with van der Waals surface area (Å²) in [5.41, 5.74) is 2.77. The fraction of sp³-hybridized carbons (Fsp3) is 0.160. The van der Waals surface area contributed by atoms with E-state index in [2.05, 4.69) is 10.3 Å². The summed E-state index contributed by atoms with van der Waals surface area (Å²) in [6.45, 7) is 1.86. The number of methoxy groups -OCH3 is 2. The van der Waals surface area contributed by atoms with Crippen LogP contribution in [0.15, 0.2) is 60.0 Å². The number of ether oxygens (including phenoxy) is 2. The summed E-state index contributed by atoms with van der Waals surface area (Å²) in [5.74, 6) is -1.04. The second kappa shape index (κ2) is 9.30. The van der Waals surface area contributed by atoms with Crippen LogP contribution in [-0.4, -0.2) is 36.2 Å². The summed E-state index contributed by atoms with van der Waals surface area (Å²) in [6.07, 6.45) is 0. The Morgan fingerprint density at radius 2 is 1.79 bits per heavy atom. The van der Waals surface area contributed by atoms with E-state index >= 15 is 0 Å². The maximum Gasteiger partial charge on any atom is 0.339 e. The van der Waals surface area contributed by atoms with E-state index in [4.69, 9.17) is 9.47 Å². The highest BCUT2D eigenvalue weighted by atomic mass is 32.1. The van der Waals surface area contributed by atoms with Crippen molar-refractivity contribution in [3.8, 4) is 5.75 Å². The molecule has 0 amide bonds. The zero-order chi connectivity index (χ0) is 23.5. The molecule has 8 heteroatoms. The average Bonchev–Trinajstić information content (AvgIpc) is 3.37. The molecule has 2 aromatic carbocycles. The molecule has 4 aromatic rings. The van der Waals surface area contributed by atoms with Crippen LogP contribution in [0.5, 0.6) is 5.75 Å². The first-order valence-electron chi connectivity index (χ1n) is 10.1. The Labute approximate surface area is 194 Å². The van der Waals surface area contributed by atoms with Crippen molar-refractivity contribution >= 4 is 39.9 Å². The predicted molar refractivity (Wildman–Crippen MR) is 127 cm³/mol. The van der Waals surface area contributed by atoms with Crippen molar-refractivity contribution in [2.75, 3.05) is 19.5 Å². The molecule has 0 aliphatic carbocycles. The number of carbonyl (C=O) groups excluding carboxylic acids is 2. The molecule has 0 radical (unpaired) electrons. The molecule has 2 aromatic heterocycles. The molecule has 168 valence electrons. The topological polar surface area (TPSA) is 97.8 Å². The highest BCUT2D eigenvalue weighted by molar-refractivity contribution is 7.10. The fourth-order valence-corrected chi connectivity index (χ4v) is 4.42. The molecule has 1 atom stereocenters. The van der Waals surface area contributed by atoms with E-state index in [0.29, 0.717) is 16.8 Å². The molecule has 2 heterocycles. The van der Waals surface area contributed by atoms with E-state index in [1.807, 2.05) is 48.7 Å². The number of fused-ring (bicyclic) bond motifs is 1. The second-order valence-corrected chi connectivity index (χ2v) is 8.34. The number of phenolic OH excluding ortho intramolecular Hbond substituents is 1. The van der Waals surface area contributed by atoms with Gasteiger partial charge >= 0.3 is 11.9 Å². The molecule has 0 aliphatic rings. The predicted octanol–water partition coefficient (Wildman–Crippen LogP) is 5.09. The van der Waals surface area contributed by atoms with Crippen LogP contribution in [-0.2, 0) is 9.47 Å². The highest BCUT2D eigenvalue weighted by Gasteiger charge is 2.24. The molecule has 0 saturated carbocycles. The largest absolute Gasteiger partial charge is 0.505 e. The Hall–Kier alpha value is -3.91. The number of phenols is 1. The van der Waals surface area contributed by atoms with Gasteiger partial charge in [0.25, 0.3) is 0 Å². The number of carbonyl (C=O) groups is 2. The van der Waals surface area contributed by atoms with Gasteiger partial charge in [-0.15, -0.1) is 11.3 Å². The van der Waals surface area contributed by atoms with E-state index in [-0.39, 0.29) is 16.9 Å². The lowest BCUT2D eigenvalue weighted by molar-refractivity contribution is 0.0587. The number of thiophene rings is 1. The van der Waals surface area contributed by atoms with Gasteiger partial charge in [0, 0.05) is 21.5 Å². The number of anilines is 1. The molecule has 7 nitrogen and oxygen atoms in total. The highest BCUT2D eigenvalue weighted by Crippen LogP contribution is 2.39. The molecule has 33 heavy (non-hydrogen) atoms. The Morgan fingerprint density at radius 1 is 1.03 bits per heavy atom. The first-order chi connectivity index (χ1) is 15.9. The normalized spacial score (nSPS) is 11.7. The van der Waals surface area contributed by atoms with E-state index in [9.17, 15) is 14.7 Å². The molecule has 0 spiro atoms. The number of aromatic hydroxyl groups is 1. The van der Waals surface area contributed by atoms with Crippen molar-refractivity contribution in [2.45, 2.75) is 13.0 Å². The van der Waals surface area contributed by atoms with Gasteiger partial charge in [-0.25, -0.2) is 14.6 Å². The summed E-state index contributed by atoms with van der Waals surface area (Å²) in [4.78, 5) is 30.0. The van der Waals surface area contributed by atoms with Gasteiger partial charge in [-0.3, -0.25) is 0 Å². The van der Waals surface area contributed by atoms with Crippen LogP contribution in [0.2, 0.25) is 0 Å². The van der Waals surface area contributed by atoms with Crippen molar-refractivity contribution in [1.82, 2.24) is 4.98 Å². The number of hydrogen-bond acceptors (Lipinski definition) is 8. The minimum absolute atomic E-state index is 0.0471. The van der Waals surface area contributed by atoms with E-state index in [1.54, 1.807) is 6.07 Å². The molecule has 0 saturated heterocycles. The quantitative estimate of drug-likeness (QED) is 0.385. The monoisotopic (exact) mass is 462 g/mol. The summed E-state index contributed by atoms with van der Waals surface area (Å²) < 4.78 is 9.75. The van der Waals surface area contributed by atoms with Crippen molar-refractivity contribution in [3.63, 3.8) is 0 Å². The number of nitrogens with one attached hydrogen (secondary N) is 1. The Kier molecular flexibility index (Phi) is 6.28. The number of nitrogens with zero attached hydrogens (tertiary/aromatic N) is 1. The van der Waals surface area contributed by atoms with Gasteiger partial charge < -0.3 is 19.9 Å². The van der Waals surface area contributed by atoms with Gasteiger partial charge in [-0.1, -0.05) is 24.3 Å². The third kappa shape index (κ3) is 4.38. The first-order valence-corrected chi connectivity index (χ1v) is 11.0. The van der Waals surface area contributed by atoms with Crippen LogP contribution in [0.25, 0.3) is 10.9 Å². The van der Waals surface area contributed by atoms with Crippen molar-refractivity contribution < 1.29 is 24.2 Å². The molecule has 0 bridgehead atoms. The zero-order valence-electron chi connectivity index (χ0n) is 18.3. The summed E-state index contributed by atoms with van der Waals surface area (Å²) in [5, 5.41) is 17.2. The third-order valence-corrected chi connectivity index (χ3v) is 6.23. The first kappa shape index (κ1) is 22.3. The van der Waals surface area contributed by atoms with Crippen LogP contribution in [0.4, 0.5) is 5.69 Å². The lowest BCUT2D eigenvalue weighted by Gasteiger charge is -2.23. The summed E-state index contributed by atoms with van der Waals surface area (Å²) in [7, 11) is 2.58. The molecular weight excluding hydrogens is 440 g/mol. The van der Waals surface area contributed by atoms with Gasteiger partial charge in [0.15, 0.2) is 0 Å². The number of esters is 2. The molecule has 2 N–H and O–H groups in total. The minimum Gasteiger partial charge on any atom is -0.505 e. The van der Waals surface area contributed by atoms with Crippen LogP contribution >= 0.6 is 11.3 Å².